The number of hydrogen-bond acceptors (Lipinski definition) is 4. The second-order valence-electron chi connectivity index (χ2n) is 7.10. The van der Waals surface area contributed by atoms with Gasteiger partial charge in [0.15, 0.2) is 0 Å². The first-order valence-electron chi connectivity index (χ1n) is 8.21. The third kappa shape index (κ3) is 7.14. The van der Waals surface area contributed by atoms with Crippen molar-refractivity contribution >= 4 is 6.09 Å². The van der Waals surface area contributed by atoms with Crippen molar-refractivity contribution in [2.24, 2.45) is 11.7 Å². The number of carbonyl (C=O) groups excluding carboxylic acids is 1. The van der Waals surface area contributed by atoms with Crippen LogP contribution in [0.3, 0.4) is 0 Å². The number of ether oxygens (including phenoxy) is 1. The second kappa shape index (κ2) is 8.59. The van der Waals surface area contributed by atoms with Crippen molar-refractivity contribution in [2.75, 3.05) is 26.7 Å². The van der Waals surface area contributed by atoms with E-state index in [1.807, 2.05) is 20.8 Å². The molecular formula is C16H33N3O2. The van der Waals surface area contributed by atoms with E-state index in [-0.39, 0.29) is 6.09 Å². The van der Waals surface area contributed by atoms with E-state index in [2.05, 4.69) is 5.32 Å². The van der Waals surface area contributed by atoms with Crippen molar-refractivity contribution in [3.05, 3.63) is 0 Å². The maximum absolute atomic E-state index is 11.8. The lowest BCUT2D eigenvalue weighted by Gasteiger charge is -2.31. The summed E-state index contributed by atoms with van der Waals surface area (Å²) in [5.74, 6) is 0.613. The van der Waals surface area contributed by atoms with Gasteiger partial charge in [0.05, 0.1) is 0 Å². The summed E-state index contributed by atoms with van der Waals surface area (Å²) in [5, 5.41) is 3.61. The van der Waals surface area contributed by atoms with Crippen LogP contribution in [0.5, 0.6) is 0 Å². The van der Waals surface area contributed by atoms with E-state index in [0.717, 1.165) is 19.5 Å². The summed E-state index contributed by atoms with van der Waals surface area (Å²) in [4.78, 5) is 13.5. The molecule has 21 heavy (non-hydrogen) atoms. The molecule has 1 aliphatic rings. The van der Waals surface area contributed by atoms with Gasteiger partial charge in [-0.15, -0.1) is 0 Å². The average Bonchev–Trinajstić information content (AvgIpc) is 2.41. The molecule has 0 spiro atoms. The Kier molecular flexibility index (Phi) is 7.46. The van der Waals surface area contributed by atoms with Crippen molar-refractivity contribution in [1.82, 2.24) is 10.2 Å². The van der Waals surface area contributed by atoms with Crippen LogP contribution in [0.2, 0.25) is 0 Å². The van der Waals surface area contributed by atoms with Crippen LogP contribution < -0.4 is 11.1 Å². The maximum Gasteiger partial charge on any atom is 0.410 e. The van der Waals surface area contributed by atoms with E-state index >= 15 is 0 Å². The first kappa shape index (κ1) is 18.2. The van der Waals surface area contributed by atoms with Gasteiger partial charge < -0.3 is 20.7 Å². The maximum atomic E-state index is 11.8. The minimum Gasteiger partial charge on any atom is -0.444 e. The molecule has 0 radical (unpaired) electrons. The summed E-state index contributed by atoms with van der Waals surface area (Å²) >= 11 is 0. The van der Waals surface area contributed by atoms with Gasteiger partial charge in [0.2, 0.25) is 0 Å². The molecule has 0 bridgehead atoms. The number of carbonyl (C=O) groups is 1. The SMILES string of the molecule is CN(CCCNC1CCCCC1CN)C(=O)OC(C)(C)C. The predicted molar refractivity (Wildman–Crippen MR) is 86.3 cm³/mol. The Labute approximate surface area is 129 Å². The van der Waals surface area contributed by atoms with E-state index in [1.54, 1.807) is 11.9 Å². The van der Waals surface area contributed by atoms with Crippen molar-refractivity contribution in [1.29, 1.82) is 0 Å². The highest BCUT2D eigenvalue weighted by Crippen LogP contribution is 2.23. The zero-order chi connectivity index (χ0) is 15.9. The fourth-order valence-corrected chi connectivity index (χ4v) is 2.79. The molecule has 1 aliphatic carbocycles. The summed E-state index contributed by atoms with van der Waals surface area (Å²) < 4.78 is 5.33. The molecule has 124 valence electrons. The molecule has 5 nitrogen and oxygen atoms in total. The van der Waals surface area contributed by atoms with Gasteiger partial charge >= 0.3 is 6.09 Å². The fraction of sp³-hybridized carbons (Fsp3) is 0.938. The van der Waals surface area contributed by atoms with Gasteiger partial charge in [0.1, 0.15) is 5.60 Å². The van der Waals surface area contributed by atoms with Crippen LogP contribution in [0.4, 0.5) is 4.79 Å². The highest BCUT2D eigenvalue weighted by atomic mass is 16.6. The Morgan fingerprint density at radius 3 is 2.62 bits per heavy atom. The smallest absolute Gasteiger partial charge is 0.410 e. The highest BCUT2D eigenvalue weighted by molar-refractivity contribution is 5.67. The molecule has 1 fully saturated rings. The van der Waals surface area contributed by atoms with Crippen LogP contribution in [0.1, 0.15) is 52.9 Å². The normalized spacial score (nSPS) is 22.9. The first-order valence-corrected chi connectivity index (χ1v) is 8.21. The number of nitrogens with one attached hydrogen (secondary N) is 1. The third-order valence-electron chi connectivity index (χ3n) is 3.99. The Bertz CT molecular complexity index is 315. The van der Waals surface area contributed by atoms with Crippen LogP contribution >= 0.6 is 0 Å². The molecule has 0 aromatic carbocycles. The summed E-state index contributed by atoms with van der Waals surface area (Å²) in [6, 6.07) is 0.551. The van der Waals surface area contributed by atoms with Gasteiger partial charge in [-0.2, -0.15) is 0 Å². The zero-order valence-corrected chi connectivity index (χ0v) is 14.2. The molecule has 0 aliphatic heterocycles. The molecule has 3 N–H and O–H groups in total. The van der Waals surface area contributed by atoms with Gasteiger partial charge in [-0.1, -0.05) is 12.8 Å². The molecular weight excluding hydrogens is 266 g/mol. The molecule has 1 saturated carbocycles. The largest absolute Gasteiger partial charge is 0.444 e. The summed E-state index contributed by atoms with van der Waals surface area (Å²) in [6.45, 7) is 8.06. The summed E-state index contributed by atoms with van der Waals surface area (Å²) in [6.07, 6.45) is 5.76. The predicted octanol–water partition coefficient (Wildman–Crippen LogP) is 2.35. The van der Waals surface area contributed by atoms with Crippen molar-refractivity contribution in [3.8, 4) is 0 Å². The molecule has 5 heteroatoms. The van der Waals surface area contributed by atoms with E-state index in [4.69, 9.17) is 10.5 Å². The Hall–Kier alpha value is -0.810. The summed E-state index contributed by atoms with van der Waals surface area (Å²) in [7, 11) is 1.79. The molecule has 0 saturated heterocycles. The monoisotopic (exact) mass is 299 g/mol. The quantitative estimate of drug-likeness (QED) is 0.739. The van der Waals surface area contributed by atoms with E-state index < -0.39 is 5.60 Å². The van der Waals surface area contributed by atoms with Gasteiger partial charge in [-0.05, 0) is 59.0 Å². The molecule has 1 rings (SSSR count). The van der Waals surface area contributed by atoms with Crippen LogP contribution in [0, 0.1) is 5.92 Å². The van der Waals surface area contributed by atoms with Crippen LogP contribution in [-0.4, -0.2) is 49.3 Å². The van der Waals surface area contributed by atoms with E-state index in [9.17, 15) is 4.79 Å². The standard InChI is InChI=1S/C16H33N3O2/c1-16(2,3)21-15(20)19(4)11-7-10-18-14-9-6-5-8-13(14)12-17/h13-14,18H,5-12,17H2,1-4H3. The Morgan fingerprint density at radius 2 is 2.00 bits per heavy atom. The minimum atomic E-state index is -0.431. The fourth-order valence-electron chi connectivity index (χ4n) is 2.79. The highest BCUT2D eigenvalue weighted by Gasteiger charge is 2.23. The van der Waals surface area contributed by atoms with Crippen LogP contribution in [0.25, 0.3) is 0 Å². The number of hydrogen-bond donors (Lipinski definition) is 2. The number of amides is 1. The van der Waals surface area contributed by atoms with Crippen molar-refractivity contribution in [3.63, 3.8) is 0 Å². The van der Waals surface area contributed by atoms with E-state index in [0.29, 0.717) is 18.5 Å². The third-order valence-corrected chi connectivity index (χ3v) is 3.99. The molecule has 0 heterocycles. The van der Waals surface area contributed by atoms with Crippen molar-refractivity contribution < 1.29 is 9.53 Å². The van der Waals surface area contributed by atoms with Gasteiger partial charge in [-0.25, -0.2) is 4.79 Å². The van der Waals surface area contributed by atoms with E-state index in [1.165, 1.54) is 25.7 Å². The second-order valence-corrected chi connectivity index (χ2v) is 7.10. The van der Waals surface area contributed by atoms with Gasteiger partial charge in [0.25, 0.3) is 0 Å². The number of rotatable bonds is 6. The topological polar surface area (TPSA) is 67.6 Å². The molecule has 1 amide bonds. The molecule has 2 unspecified atom stereocenters. The number of nitrogens with zero attached hydrogens (tertiary/aromatic N) is 1. The van der Waals surface area contributed by atoms with Gasteiger partial charge in [-0.3, -0.25) is 0 Å². The van der Waals surface area contributed by atoms with Crippen LogP contribution in [0.15, 0.2) is 0 Å². The lowest BCUT2D eigenvalue weighted by atomic mass is 9.84. The molecule has 2 atom stereocenters. The van der Waals surface area contributed by atoms with Crippen molar-refractivity contribution in [2.45, 2.75) is 64.5 Å². The Balaban J connectivity index is 2.19. The lowest BCUT2D eigenvalue weighted by molar-refractivity contribution is 0.0296. The van der Waals surface area contributed by atoms with Gasteiger partial charge in [0, 0.05) is 19.6 Å². The average molecular weight is 299 g/mol. The minimum absolute atomic E-state index is 0.250. The van der Waals surface area contributed by atoms with Crippen LogP contribution in [-0.2, 0) is 4.74 Å². The first-order chi connectivity index (χ1) is 9.83. The summed E-state index contributed by atoms with van der Waals surface area (Å²) in [5.41, 5.74) is 5.40. The molecule has 0 aromatic heterocycles. The lowest BCUT2D eigenvalue weighted by Crippen LogP contribution is -2.43. The Morgan fingerprint density at radius 1 is 1.33 bits per heavy atom. The number of nitrogens with two attached hydrogens (primary N) is 1. The zero-order valence-electron chi connectivity index (χ0n) is 14.2. The molecule has 0 aromatic rings.